The number of ether oxygens (including phenoxy) is 1. The second kappa shape index (κ2) is 9.40. The minimum Gasteiger partial charge on any atom is -0.508 e. The summed E-state index contributed by atoms with van der Waals surface area (Å²) in [5, 5.41) is 24.6. The number of aryl methyl sites for hydroxylation is 1. The van der Waals surface area contributed by atoms with Crippen molar-refractivity contribution < 1.29 is 19.7 Å². The number of aliphatic hydroxyl groups is 1. The maximum atomic E-state index is 12.0. The average molecular weight is 502 g/mol. The number of amides is 1. The predicted octanol–water partition coefficient (Wildman–Crippen LogP) is 6.06. The van der Waals surface area contributed by atoms with Crippen molar-refractivity contribution in [1.29, 1.82) is 0 Å². The van der Waals surface area contributed by atoms with Crippen LogP contribution >= 0.6 is 0 Å². The lowest BCUT2D eigenvalue weighted by Crippen LogP contribution is -2.50. The average Bonchev–Trinajstić information content (AvgIpc) is 3.11. The van der Waals surface area contributed by atoms with Crippen molar-refractivity contribution >= 4 is 6.09 Å². The first kappa shape index (κ1) is 25.7. The van der Waals surface area contributed by atoms with E-state index in [1.807, 2.05) is 57.2 Å². The molecule has 5 nitrogen and oxygen atoms in total. The molecule has 0 spiro atoms. The fourth-order valence-electron chi connectivity index (χ4n) is 7.21. The van der Waals surface area contributed by atoms with Gasteiger partial charge in [0.25, 0.3) is 0 Å². The smallest absolute Gasteiger partial charge is 0.407 e. The zero-order chi connectivity index (χ0) is 26.4. The number of alkyl carbamates (subject to hydrolysis) is 1. The summed E-state index contributed by atoms with van der Waals surface area (Å²) in [6, 6.07) is 13.7. The van der Waals surface area contributed by atoms with Crippen molar-refractivity contribution in [1.82, 2.24) is 5.32 Å². The Morgan fingerprint density at radius 1 is 1.14 bits per heavy atom. The topological polar surface area (TPSA) is 78.8 Å². The quantitative estimate of drug-likeness (QED) is 0.438. The highest BCUT2D eigenvalue weighted by Crippen LogP contribution is 2.64. The zero-order valence-electron chi connectivity index (χ0n) is 22.4. The SMILES string of the molecule is CC(C)(C)OC(=O)NCc1cccc(C#C[C@]2(O)CC[C@H]3[C@@H]4CCc5cc(O)ccc5[C@H]4CC[C@@]32C)c1. The van der Waals surface area contributed by atoms with Gasteiger partial charge in [0.1, 0.15) is 17.0 Å². The van der Waals surface area contributed by atoms with Gasteiger partial charge in [-0.25, -0.2) is 4.79 Å². The lowest BCUT2D eigenvalue weighted by molar-refractivity contribution is -0.0647. The molecule has 3 aliphatic carbocycles. The first-order chi connectivity index (χ1) is 17.5. The highest BCUT2D eigenvalue weighted by Gasteiger charge is 2.61. The summed E-state index contributed by atoms with van der Waals surface area (Å²) in [5.74, 6) is 8.45. The first-order valence-electron chi connectivity index (χ1n) is 13.6. The Balaban J connectivity index is 1.31. The highest BCUT2D eigenvalue weighted by molar-refractivity contribution is 5.67. The molecule has 0 aliphatic heterocycles. The van der Waals surface area contributed by atoms with Crippen molar-refractivity contribution in [3.8, 4) is 17.6 Å². The Labute approximate surface area is 220 Å². The number of carbonyl (C=O) groups is 1. The fraction of sp³-hybridized carbons (Fsp3) is 0.531. The molecule has 1 amide bonds. The van der Waals surface area contributed by atoms with Crippen molar-refractivity contribution in [3.63, 3.8) is 0 Å². The molecule has 0 heterocycles. The van der Waals surface area contributed by atoms with Crippen molar-refractivity contribution in [2.75, 3.05) is 0 Å². The van der Waals surface area contributed by atoms with Gasteiger partial charge in [0.2, 0.25) is 0 Å². The van der Waals surface area contributed by atoms with E-state index in [9.17, 15) is 15.0 Å². The summed E-state index contributed by atoms with van der Waals surface area (Å²) >= 11 is 0. The van der Waals surface area contributed by atoms with E-state index >= 15 is 0 Å². The Kier molecular flexibility index (Phi) is 6.52. The van der Waals surface area contributed by atoms with Crippen molar-refractivity contribution in [3.05, 3.63) is 64.7 Å². The first-order valence-corrected chi connectivity index (χ1v) is 13.6. The van der Waals surface area contributed by atoms with Gasteiger partial charge in [-0.05, 0) is 118 Å². The van der Waals surface area contributed by atoms with Crippen LogP contribution in [0, 0.1) is 29.1 Å². The van der Waals surface area contributed by atoms with Gasteiger partial charge in [-0.3, -0.25) is 0 Å². The van der Waals surface area contributed by atoms with Gasteiger partial charge in [0.05, 0.1) is 0 Å². The molecule has 0 saturated heterocycles. The van der Waals surface area contributed by atoms with Gasteiger partial charge in [-0.15, -0.1) is 0 Å². The van der Waals surface area contributed by atoms with Crippen LogP contribution in [-0.2, 0) is 17.7 Å². The van der Waals surface area contributed by atoms with Crippen LogP contribution in [0.4, 0.5) is 4.79 Å². The number of aromatic hydroxyl groups is 1. The summed E-state index contributed by atoms with van der Waals surface area (Å²) in [6.45, 7) is 8.13. The van der Waals surface area contributed by atoms with E-state index in [0.29, 0.717) is 36.5 Å². The molecule has 2 aromatic carbocycles. The number of fused-ring (bicyclic) bond motifs is 5. The van der Waals surface area contributed by atoms with Gasteiger partial charge < -0.3 is 20.3 Å². The van der Waals surface area contributed by atoms with E-state index in [-0.39, 0.29) is 5.41 Å². The Hall–Kier alpha value is -2.97. The van der Waals surface area contributed by atoms with Crippen LogP contribution in [0.1, 0.15) is 88.0 Å². The maximum Gasteiger partial charge on any atom is 0.407 e. The van der Waals surface area contributed by atoms with Gasteiger partial charge in [0.15, 0.2) is 0 Å². The molecule has 2 saturated carbocycles. The zero-order valence-corrected chi connectivity index (χ0v) is 22.4. The summed E-state index contributed by atoms with van der Waals surface area (Å²) in [5.41, 5.74) is 2.68. The number of hydrogen-bond donors (Lipinski definition) is 3. The maximum absolute atomic E-state index is 12.0. The summed E-state index contributed by atoms with van der Waals surface area (Å²) in [7, 11) is 0. The van der Waals surface area contributed by atoms with E-state index in [1.165, 1.54) is 11.1 Å². The van der Waals surface area contributed by atoms with Gasteiger partial charge in [0, 0.05) is 17.5 Å². The van der Waals surface area contributed by atoms with Crippen molar-refractivity contribution in [2.45, 2.75) is 89.9 Å². The standard InChI is InChI=1S/C32H39NO4/c1-30(2,3)37-29(35)33-20-22-7-5-6-21(18-22)12-16-32(36)17-14-28-27-10-8-23-19-24(34)9-11-25(23)26(27)13-15-31(28,32)4/h5-7,9,11,18-19,26-28,34,36H,8,10,13-15,17,20H2,1-4H3,(H,33,35)/t26-,27-,28+,31+,32+/m1/s1. The summed E-state index contributed by atoms with van der Waals surface area (Å²) < 4.78 is 5.32. The lowest BCUT2D eigenvalue weighted by Gasteiger charge is -2.52. The minimum atomic E-state index is -1.01. The lowest BCUT2D eigenvalue weighted by atomic mass is 9.53. The molecule has 0 radical (unpaired) electrons. The molecule has 5 heteroatoms. The number of hydrogen-bond acceptors (Lipinski definition) is 4. The molecule has 0 unspecified atom stereocenters. The molecule has 5 rings (SSSR count). The molecule has 2 aromatic rings. The van der Waals surface area contributed by atoms with E-state index in [2.05, 4.69) is 30.1 Å². The van der Waals surface area contributed by atoms with E-state index < -0.39 is 17.3 Å². The third-order valence-electron chi connectivity index (χ3n) is 9.04. The largest absolute Gasteiger partial charge is 0.508 e. The minimum absolute atomic E-state index is 0.231. The van der Waals surface area contributed by atoms with E-state index in [0.717, 1.165) is 43.2 Å². The summed E-state index contributed by atoms with van der Waals surface area (Å²) in [6.07, 6.45) is 5.35. The molecular weight excluding hydrogens is 462 g/mol. The Bertz CT molecular complexity index is 1250. The van der Waals surface area contributed by atoms with Gasteiger partial charge >= 0.3 is 6.09 Å². The number of rotatable bonds is 2. The summed E-state index contributed by atoms with van der Waals surface area (Å²) in [4.78, 5) is 12.0. The number of phenols is 1. The molecule has 3 N–H and O–H groups in total. The molecule has 5 atom stereocenters. The van der Waals surface area contributed by atoms with Crippen LogP contribution in [0.5, 0.6) is 5.75 Å². The van der Waals surface area contributed by atoms with Crippen LogP contribution in [-0.4, -0.2) is 27.5 Å². The molecule has 2 fully saturated rings. The van der Waals surface area contributed by atoms with Gasteiger partial charge in [-0.2, -0.15) is 0 Å². The highest BCUT2D eigenvalue weighted by atomic mass is 16.6. The predicted molar refractivity (Wildman–Crippen MR) is 144 cm³/mol. The number of phenolic OH excluding ortho intramolecular Hbond substituents is 1. The fourth-order valence-corrected chi connectivity index (χ4v) is 7.21. The second-order valence-electron chi connectivity index (χ2n) is 12.5. The third kappa shape index (κ3) is 4.97. The number of nitrogens with one attached hydrogen (secondary N) is 1. The molecule has 0 bridgehead atoms. The monoisotopic (exact) mass is 501 g/mol. The van der Waals surface area contributed by atoms with E-state index in [4.69, 9.17) is 4.74 Å². The number of carbonyl (C=O) groups excluding carboxylic acids is 1. The van der Waals surface area contributed by atoms with E-state index in [1.54, 1.807) is 0 Å². The Morgan fingerprint density at radius 3 is 2.73 bits per heavy atom. The molecule has 196 valence electrons. The molecular formula is C32H39NO4. The van der Waals surface area contributed by atoms with Gasteiger partial charge in [-0.1, -0.05) is 37.0 Å². The van der Waals surface area contributed by atoms with Crippen LogP contribution in [0.15, 0.2) is 42.5 Å². The van der Waals surface area contributed by atoms with Crippen LogP contribution in [0.3, 0.4) is 0 Å². The van der Waals surface area contributed by atoms with Crippen LogP contribution in [0.25, 0.3) is 0 Å². The second-order valence-corrected chi connectivity index (χ2v) is 12.5. The molecule has 3 aliphatic rings. The van der Waals surface area contributed by atoms with Crippen LogP contribution < -0.4 is 5.32 Å². The third-order valence-corrected chi connectivity index (χ3v) is 9.04. The van der Waals surface area contributed by atoms with Crippen molar-refractivity contribution in [2.24, 2.45) is 17.3 Å². The molecule has 37 heavy (non-hydrogen) atoms. The van der Waals surface area contributed by atoms with Crippen LogP contribution in [0.2, 0.25) is 0 Å². The number of benzene rings is 2. The Morgan fingerprint density at radius 2 is 1.95 bits per heavy atom. The molecule has 0 aromatic heterocycles. The normalized spacial score (nSPS) is 30.2.